The van der Waals surface area contributed by atoms with Crippen LogP contribution in [-0.2, 0) is 11.2 Å². The van der Waals surface area contributed by atoms with Crippen molar-refractivity contribution in [1.29, 1.82) is 0 Å². The van der Waals surface area contributed by atoms with Gasteiger partial charge in [0.2, 0.25) is 5.91 Å². The van der Waals surface area contributed by atoms with E-state index in [4.69, 9.17) is 15.2 Å². The summed E-state index contributed by atoms with van der Waals surface area (Å²) in [5.74, 6) is 1.95. The lowest BCUT2D eigenvalue weighted by Gasteiger charge is -2.31. The Hall–Kier alpha value is -1.75. The van der Waals surface area contributed by atoms with Crippen molar-refractivity contribution in [2.45, 2.75) is 45.6 Å². The molecule has 0 bridgehead atoms. The van der Waals surface area contributed by atoms with Crippen molar-refractivity contribution in [3.63, 3.8) is 0 Å². The predicted molar refractivity (Wildman–Crippen MR) is 92.9 cm³/mol. The van der Waals surface area contributed by atoms with Crippen LogP contribution in [0.4, 0.5) is 0 Å². The molecule has 1 atom stereocenters. The highest BCUT2D eigenvalue weighted by Gasteiger charge is 2.25. The molecular weight excluding hydrogens is 292 g/mol. The zero-order valence-electron chi connectivity index (χ0n) is 14.9. The molecule has 0 aliphatic rings. The number of hydrogen-bond acceptors (Lipinski definition) is 4. The maximum Gasteiger partial charge on any atom is 0.220 e. The van der Waals surface area contributed by atoms with Crippen LogP contribution in [0.3, 0.4) is 0 Å². The lowest BCUT2D eigenvalue weighted by molar-refractivity contribution is -0.122. The fourth-order valence-corrected chi connectivity index (χ4v) is 2.75. The second-order valence-corrected chi connectivity index (χ2v) is 6.63. The molecule has 0 saturated heterocycles. The normalized spacial score (nSPS) is 13.5. The average Bonchev–Trinajstić information content (AvgIpc) is 2.51. The van der Waals surface area contributed by atoms with Gasteiger partial charge in [0.1, 0.15) is 11.5 Å². The molecule has 0 aromatic heterocycles. The fourth-order valence-electron chi connectivity index (χ4n) is 2.75. The first-order chi connectivity index (χ1) is 10.8. The highest BCUT2D eigenvalue weighted by molar-refractivity contribution is 5.77. The maximum atomic E-state index is 12.3. The molecular formula is C18H30N2O3. The largest absolute Gasteiger partial charge is 0.497 e. The molecule has 130 valence electrons. The van der Waals surface area contributed by atoms with Crippen LogP contribution >= 0.6 is 0 Å². The second kappa shape index (κ2) is 8.77. The Bertz CT molecular complexity index is 495. The Labute approximate surface area is 139 Å². The molecule has 0 heterocycles. The molecule has 5 nitrogen and oxygen atoms in total. The van der Waals surface area contributed by atoms with E-state index in [0.717, 1.165) is 23.5 Å². The third-order valence-corrected chi connectivity index (χ3v) is 3.80. The predicted octanol–water partition coefficient (Wildman–Crippen LogP) is 2.52. The van der Waals surface area contributed by atoms with Crippen molar-refractivity contribution in [3.8, 4) is 11.5 Å². The van der Waals surface area contributed by atoms with Gasteiger partial charge in [0.25, 0.3) is 0 Å². The quantitative estimate of drug-likeness (QED) is 0.732. The third kappa shape index (κ3) is 6.48. The minimum absolute atomic E-state index is 0.0142. The molecule has 0 spiro atoms. The number of ether oxygens (including phenoxy) is 2. The Morgan fingerprint density at radius 1 is 1.22 bits per heavy atom. The summed E-state index contributed by atoms with van der Waals surface area (Å²) >= 11 is 0. The van der Waals surface area contributed by atoms with E-state index in [1.807, 2.05) is 25.1 Å². The molecule has 0 fully saturated rings. The van der Waals surface area contributed by atoms with Crippen molar-refractivity contribution in [2.75, 3.05) is 20.8 Å². The van der Waals surface area contributed by atoms with Crippen LogP contribution in [0.15, 0.2) is 18.2 Å². The number of amides is 1. The number of hydrogen-bond donors (Lipinski definition) is 2. The van der Waals surface area contributed by atoms with Gasteiger partial charge in [0, 0.05) is 24.6 Å². The van der Waals surface area contributed by atoms with Gasteiger partial charge in [-0.15, -0.1) is 0 Å². The van der Waals surface area contributed by atoms with Gasteiger partial charge in [0.05, 0.1) is 14.2 Å². The molecule has 1 amide bonds. The van der Waals surface area contributed by atoms with Crippen LogP contribution < -0.4 is 20.5 Å². The number of carbonyl (C=O) groups excluding carboxylic acids is 1. The zero-order chi connectivity index (χ0) is 17.5. The minimum Gasteiger partial charge on any atom is -0.497 e. The first kappa shape index (κ1) is 19.3. The van der Waals surface area contributed by atoms with Crippen LogP contribution in [0.5, 0.6) is 11.5 Å². The van der Waals surface area contributed by atoms with E-state index in [9.17, 15) is 4.79 Å². The Morgan fingerprint density at radius 3 is 2.22 bits per heavy atom. The Morgan fingerprint density at radius 2 is 1.78 bits per heavy atom. The average molecular weight is 322 g/mol. The van der Waals surface area contributed by atoms with Crippen LogP contribution in [0.2, 0.25) is 0 Å². The number of methoxy groups -OCH3 is 2. The van der Waals surface area contributed by atoms with Crippen molar-refractivity contribution in [3.05, 3.63) is 23.8 Å². The SMILES string of the molecule is COc1cc(CCC(=O)NC(C)(CN)CC(C)C)cc(OC)c1. The summed E-state index contributed by atoms with van der Waals surface area (Å²) in [5.41, 5.74) is 6.50. The van der Waals surface area contributed by atoms with Crippen molar-refractivity contribution in [2.24, 2.45) is 11.7 Å². The van der Waals surface area contributed by atoms with E-state index in [-0.39, 0.29) is 11.4 Å². The van der Waals surface area contributed by atoms with Crippen LogP contribution in [0.1, 0.15) is 39.2 Å². The lowest BCUT2D eigenvalue weighted by Crippen LogP contribution is -2.52. The summed E-state index contributed by atoms with van der Waals surface area (Å²) in [5, 5.41) is 3.08. The molecule has 0 aliphatic carbocycles. The van der Waals surface area contributed by atoms with Gasteiger partial charge in [-0.1, -0.05) is 13.8 Å². The van der Waals surface area contributed by atoms with Gasteiger partial charge in [0.15, 0.2) is 0 Å². The van der Waals surface area contributed by atoms with Gasteiger partial charge in [-0.3, -0.25) is 4.79 Å². The standard InChI is InChI=1S/C18H30N2O3/c1-13(2)11-18(3,12-19)20-17(21)7-6-14-8-15(22-4)10-16(9-14)23-5/h8-10,13H,6-7,11-12,19H2,1-5H3,(H,20,21). The third-order valence-electron chi connectivity index (χ3n) is 3.80. The molecule has 5 heteroatoms. The Kier molecular flexibility index (Phi) is 7.36. The first-order valence-electron chi connectivity index (χ1n) is 8.05. The molecule has 3 N–H and O–H groups in total. The van der Waals surface area contributed by atoms with Gasteiger partial charge in [-0.25, -0.2) is 0 Å². The second-order valence-electron chi connectivity index (χ2n) is 6.63. The molecule has 23 heavy (non-hydrogen) atoms. The summed E-state index contributed by atoms with van der Waals surface area (Å²) in [6.07, 6.45) is 1.90. The number of aryl methyl sites for hydroxylation is 1. The number of rotatable bonds is 9. The van der Waals surface area contributed by atoms with E-state index in [1.54, 1.807) is 14.2 Å². The summed E-state index contributed by atoms with van der Waals surface area (Å²) in [7, 11) is 3.23. The smallest absolute Gasteiger partial charge is 0.220 e. The van der Waals surface area contributed by atoms with E-state index >= 15 is 0 Å². The summed E-state index contributed by atoms with van der Waals surface area (Å²) in [4.78, 5) is 12.3. The molecule has 0 radical (unpaired) electrons. The summed E-state index contributed by atoms with van der Waals surface area (Å²) in [6.45, 7) is 6.69. The summed E-state index contributed by atoms with van der Waals surface area (Å²) < 4.78 is 10.5. The topological polar surface area (TPSA) is 73.6 Å². The van der Waals surface area contributed by atoms with Crippen molar-refractivity contribution < 1.29 is 14.3 Å². The number of nitrogens with two attached hydrogens (primary N) is 1. The van der Waals surface area contributed by atoms with Gasteiger partial charge >= 0.3 is 0 Å². The maximum absolute atomic E-state index is 12.3. The van der Waals surface area contributed by atoms with Gasteiger partial charge in [-0.2, -0.15) is 0 Å². The molecule has 1 rings (SSSR count). The van der Waals surface area contributed by atoms with E-state index in [2.05, 4.69) is 19.2 Å². The number of carbonyl (C=O) groups is 1. The van der Waals surface area contributed by atoms with Gasteiger partial charge in [-0.05, 0) is 43.4 Å². The van der Waals surface area contributed by atoms with Crippen LogP contribution in [0, 0.1) is 5.92 Å². The monoisotopic (exact) mass is 322 g/mol. The molecule has 0 aliphatic heterocycles. The lowest BCUT2D eigenvalue weighted by atomic mass is 9.90. The first-order valence-corrected chi connectivity index (χ1v) is 8.05. The van der Waals surface area contributed by atoms with Crippen molar-refractivity contribution >= 4 is 5.91 Å². The molecule has 1 unspecified atom stereocenters. The van der Waals surface area contributed by atoms with E-state index < -0.39 is 0 Å². The minimum atomic E-state index is -0.350. The van der Waals surface area contributed by atoms with Crippen LogP contribution in [-0.4, -0.2) is 32.2 Å². The number of nitrogens with one attached hydrogen (secondary N) is 1. The van der Waals surface area contributed by atoms with Crippen molar-refractivity contribution in [1.82, 2.24) is 5.32 Å². The highest BCUT2D eigenvalue weighted by atomic mass is 16.5. The summed E-state index contributed by atoms with van der Waals surface area (Å²) in [6, 6.07) is 5.66. The zero-order valence-corrected chi connectivity index (χ0v) is 14.9. The van der Waals surface area contributed by atoms with E-state index in [0.29, 0.717) is 25.3 Å². The Balaban J connectivity index is 2.65. The molecule has 1 aromatic carbocycles. The number of benzene rings is 1. The van der Waals surface area contributed by atoms with Gasteiger partial charge < -0.3 is 20.5 Å². The highest BCUT2D eigenvalue weighted by Crippen LogP contribution is 2.23. The van der Waals surface area contributed by atoms with E-state index in [1.165, 1.54) is 0 Å². The molecule has 1 aromatic rings. The fraction of sp³-hybridized carbons (Fsp3) is 0.611. The molecule has 0 saturated carbocycles. The van der Waals surface area contributed by atoms with Crippen LogP contribution in [0.25, 0.3) is 0 Å².